The highest BCUT2D eigenvalue weighted by atomic mass is 19.4. The molecule has 0 amide bonds. The second kappa shape index (κ2) is 5.55. The third-order valence-electron chi connectivity index (χ3n) is 2.77. The summed E-state index contributed by atoms with van der Waals surface area (Å²) in [4.78, 5) is 11.3. The van der Waals surface area contributed by atoms with E-state index >= 15 is 0 Å². The fourth-order valence-electron chi connectivity index (χ4n) is 1.88. The lowest BCUT2D eigenvalue weighted by atomic mass is 10.0. The fourth-order valence-corrected chi connectivity index (χ4v) is 1.88. The number of benzene rings is 2. The second-order valence-electron chi connectivity index (χ2n) is 4.29. The van der Waals surface area contributed by atoms with E-state index in [2.05, 4.69) is 4.74 Å². The van der Waals surface area contributed by atoms with Gasteiger partial charge in [-0.05, 0) is 30.7 Å². The summed E-state index contributed by atoms with van der Waals surface area (Å²) in [6.45, 7) is 1.18. The molecule has 0 aromatic heterocycles. The molecule has 0 fully saturated rings. The van der Waals surface area contributed by atoms with Crippen LogP contribution in [0.3, 0.4) is 0 Å². The van der Waals surface area contributed by atoms with Crippen molar-refractivity contribution in [1.82, 2.24) is 0 Å². The Morgan fingerprint density at radius 3 is 2.38 bits per heavy atom. The first-order chi connectivity index (χ1) is 9.78. The zero-order valence-electron chi connectivity index (χ0n) is 10.9. The number of hydrogen-bond acceptors (Lipinski definition) is 2. The first-order valence-corrected chi connectivity index (χ1v) is 5.93. The number of carbonyl (C=O) groups is 1. The summed E-state index contributed by atoms with van der Waals surface area (Å²) < 4.78 is 54.5. The van der Waals surface area contributed by atoms with Crippen LogP contribution in [-0.4, -0.2) is 12.1 Å². The van der Waals surface area contributed by atoms with Crippen molar-refractivity contribution in [2.24, 2.45) is 0 Å². The van der Waals surface area contributed by atoms with E-state index in [-0.39, 0.29) is 16.7 Å². The third kappa shape index (κ3) is 3.59. The molecule has 0 unspecified atom stereocenters. The average molecular weight is 298 g/mol. The number of alkyl halides is 3. The van der Waals surface area contributed by atoms with Gasteiger partial charge < -0.3 is 4.74 Å². The van der Waals surface area contributed by atoms with E-state index in [0.29, 0.717) is 0 Å². The minimum atomic E-state index is -4.83. The Bertz CT molecular complexity index is 678. The van der Waals surface area contributed by atoms with E-state index < -0.39 is 23.7 Å². The van der Waals surface area contributed by atoms with Crippen molar-refractivity contribution in [2.75, 3.05) is 0 Å². The van der Waals surface area contributed by atoms with Crippen LogP contribution >= 0.6 is 0 Å². The first-order valence-electron chi connectivity index (χ1n) is 5.93. The molecule has 0 aliphatic carbocycles. The van der Waals surface area contributed by atoms with Gasteiger partial charge in [-0.15, -0.1) is 13.2 Å². The highest BCUT2D eigenvalue weighted by Crippen LogP contribution is 2.34. The number of para-hydroxylation sites is 1. The highest BCUT2D eigenvalue weighted by molar-refractivity contribution is 5.95. The van der Waals surface area contributed by atoms with Crippen LogP contribution in [0.1, 0.15) is 17.3 Å². The van der Waals surface area contributed by atoms with Crippen molar-refractivity contribution in [3.8, 4) is 16.9 Å². The molecular weight excluding hydrogens is 288 g/mol. The Morgan fingerprint density at radius 1 is 1.10 bits per heavy atom. The van der Waals surface area contributed by atoms with Crippen molar-refractivity contribution in [3.05, 3.63) is 53.8 Å². The molecule has 0 spiro atoms. The predicted octanol–water partition coefficient (Wildman–Crippen LogP) is 4.59. The van der Waals surface area contributed by atoms with Crippen molar-refractivity contribution in [1.29, 1.82) is 0 Å². The number of halogens is 4. The summed E-state index contributed by atoms with van der Waals surface area (Å²) in [6.07, 6.45) is -4.83. The normalized spacial score (nSPS) is 11.3. The molecular formula is C15H10F4O2. The molecule has 6 heteroatoms. The molecule has 21 heavy (non-hydrogen) atoms. The van der Waals surface area contributed by atoms with Crippen molar-refractivity contribution < 1.29 is 27.1 Å². The number of rotatable bonds is 3. The van der Waals surface area contributed by atoms with E-state index in [1.54, 1.807) is 0 Å². The van der Waals surface area contributed by atoms with Crippen molar-refractivity contribution >= 4 is 5.78 Å². The number of ether oxygens (including phenoxy) is 1. The van der Waals surface area contributed by atoms with Gasteiger partial charge in [0.1, 0.15) is 11.6 Å². The van der Waals surface area contributed by atoms with Gasteiger partial charge in [0.2, 0.25) is 0 Å². The van der Waals surface area contributed by atoms with E-state index in [0.717, 1.165) is 12.1 Å². The van der Waals surface area contributed by atoms with Crippen LogP contribution < -0.4 is 4.74 Å². The monoisotopic (exact) mass is 298 g/mol. The van der Waals surface area contributed by atoms with Crippen LogP contribution in [-0.2, 0) is 0 Å². The molecule has 0 aliphatic rings. The molecule has 2 aromatic rings. The maximum absolute atomic E-state index is 13.5. The molecule has 0 bridgehead atoms. The SMILES string of the molecule is CC(=O)c1cc(-c2ccccc2OC(F)(F)F)ccc1F. The number of carbonyl (C=O) groups excluding carboxylic acids is 1. The molecule has 0 heterocycles. The van der Waals surface area contributed by atoms with Crippen molar-refractivity contribution in [3.63, 3.8) is 0 Å². The zero-order chi connectivity index (χ0) is 15.6. The van der Waals surface area contributed by atoms with Gasteiger partial charge in [0.15, 0.2) is 5.78 Å². The van der Waals surface area contributed by atoms with Gasteiger partial charge >= 0.3 is 6.36 Å². The number of ketones is 1. The summed E-state index contributed by atoms with van der Waals surface area (Å²) in [7, 11) is 0. The van der Waals surface area contributed by atoms with Crippen LogP contribution in [0.5, 0.6) is 5.75 Å². The maximum atomic E-state index is 13.5. The Kier molecular flexibility index (Phi) is 3.97. The second-order valence-corrected chi connectivity index (χ2v) is 4.29. The van der Waals surface area contributed by atoms with Crippen LogP contribution in [0.2, 0.25) is 0 Å². The van der Waals surface area contributed by atoms with E-state index in [1.807, 2.05) is 0 Å². The lowest BCUT2D eigenvalue weighted by molar-refractivity contribution is -0.274. The Morgan fingerprint density at radius 2 is 1.76 bits per heavy atom. The summed E-state index contributed by atoms with van der Waals surface area (Å²) in [6, 6.07) is 9.00. The van der Waals surface area contributed by atoms with E-state index in [4.69, 9.17) is 0 Å². The van der Waals surface area contributed by atoms with E-state index in [1.165, 1.54) is 37.3 Å². The Hall–Kier alpha value is -2.37. The molecule has 0 aliphatic heterocycles. The van der Waals surface area contributed by atoms with E-state index in [9.17, 15) is 22.4 Å². The average Bonchev–Trinajstić information content (AvgIpc) is 2.38. The summed E-state index contributed by atoms with van der Waals surface area (Å²) in [5.41, 5.74) is 0.202. The highest BCUT2D eigenvalue weighted by Gasteiger charge is 2.32. The topological polar surface area (TPSA) is 26.3 Å². The third-order valence-corrected chi connectivity index (χ3v) is 2.77. The standard InChI is InChI=1S/C15H10F4O2/c1-9(20)12-8-10(6-7-13(12)16)11-4-2-3-5-14(11)21-15(17,18)19/h2-8H,1H3. The quantitative estimate of drug-likeness (QED) is 0.612. The van der Waals surface area contributed by atoms with Crippen LogP contribution in [0.15, 0.2) is 42.5 Å². The largest absolute Gasteiger partial charge is 0.573 e. The molecule has 0 radical (unpaired) electrons. The van der Waals surface area contributed by atoms with Crippen LogP contribution in [0.4, 0.5) is 17.6 Å². The number of hydrogen-bond donors (Lipinski definition) is 0. The zero-order valence-corrected chi connectivity index (χ0v) is 10.9. The van der Waals surface area contributed by atoms with Gasteiger partial charge in [0.05, 0.1) is 5.56 Å². The molecule has 0 saturated carbocycles. The molecule has 2 rings (SSSR count). The minimum Gasteiger partial charge on any atom is -0.405 e. The smallest absolute Gasteiger partial charge is 0.405 e. The molecule has 110 valence electrons. The van der Waals surface area contributed by atoms with Crippen LogP contribution in [0.25, 0.3) is 11.1 Å². The minimum absolute atomic E-state index is 0.123. The molecule has 0 saturated heterocycles. The summed E-state index contributed by atoms with van der Waals surface area (Å²) >= 11 is 0. The number of Topliss-reactive ketones (excluding diaryl/α,β-unsaturated/α-hetero) is 1. The van der Waals surface area contributed by atoms with Crippen LogP contribution in [0, 0.1) is 5.82 Å². The van der Waals surface area contributed by atoms with Gasteiger partial charge in [-0.1, -0.05) is 24.3 Å². The van der Waals surface area contributed by atoms with Gasteiger partial charge in [-0.2, -0.15) is 0 Å². The summed E-state index contributed by atoms with van der Waals surface area (Å²) in [5.74, 6) is -1.64. The molecule has 0 atom stereocenters. The fraction of sp³-hybridized carbons (Fsp3) is 0.133. The lowest BCUT2D eigenvalue weighted by Crippen LogP contribution is -2.17. The van der Waals surface area contributed by atoms with Gasteiger partial charge in [-0.25, -0.2) is 4.39 Å². The molecule has 2 aromatic carbocycles. The van der Waals surface area contributed by atoms with Gasteiger partial charge in [0, 0.05) is 5.56 Å². The Labute approximate surface area is 118 Å². The summed E-state index contributed by atoms with van der Waals surface area (Å²) in [5, 5.41) is 0. The maximum Gasteiger partial charge on any atom is 0.573 e. The predicted molar refractivity (Wildman–Crippen MR) is 68.5 cm³/mol. The van der Waals surface area contributed by atoms with Gasteiger partial charge in [0.25, 0.3) is 0 Å². The molecule has 0 N–H and O–H groups in total. The van der Waals surface area contributed by atoms with Gasteiger partial charge in [-0.3, -0.25) is 4.79 Å². The van der Waals surface area contributed by atoms with Crippen molar-refractivity contribution in [2.45, 2.75) is 13.3 Å². The first kappa shape index (κ1) is 15.0. The molecule has 2 nitrogen and oxygen atoms in total. The lowest BCUT2D eigenvalue weighted by Gasteiger charge is -2.13. The Balaban J connectivity index is 2.52.